The van der Waals surface area contributed by atoms with Gasteiger partial charge in [-0.3, -0.25) is 4.79 Å². The van der Waals surface area contributed by atoms with Gasteiger partial charge in [0, 0.05) is 34.6 Å². The van der Waals surface area contributed by atoms with Crippen LogP contribution in [0.4, 0.5) is 4.79 Å². The molecule has 27 heavy (non-hydrogen) atoms. The molecule has 0 aliphatic carbocycles. The molecule has 1 atom stereocenters. The Morgan fingerprint density at radius 1 is 1.19 bits per heavy atom. The van der Waals surface area contributed by atoms with Gasteiger partial charge in [0.15, 0.2) is 0 Å². The van der Waals surface area contributed by atoms with Crippen molar-refractivity contribution < 1.29 is 14.3 Å². The highest BCUT2D eigenvalue weighted by molar-refractivity contribution is 9.10. The van der Waals surface area contributed by atoms with E-state index in [1.807, 2.05) is 62.1 Å². The van der Waals surface area contributed by atoms with Gasteiger partial charge >= 0.3 is 6.09 Å². The number of likely N-dealkylation sites (tertiary alicyclic amines) is 1. The second-order valence-electron chi connectivity index (χ2n) is 7.88. The topological polar surface area (TPSA) is 58.6 Å². The van der Waals surface area contributed by atoms with Crippen molar-refractivity contribution in [3.63, 3.8) is 0 Å². The summed E-state index contributed by atoms with van der Waals surface area (Å²) in [7, 11) is 0. The van der Waals surface area contributed by atoms with E-state index in [1.54, 1.807) is 0 Å². The third kappa shape index (κ3) is 4.80. The highest BCUT2D eigenvalue weighted by Gasteiger charge is 2.28. The Balaban J connectivity index is 1.75. The van der Waals surface area contributed by atoms with E-state index in [-0.39, 0.29) is 11.9 Å². The minimum Gasteiger partial charge on any atom is -0.444 e. The summed E-state index contributed by atoms with van der Waals surface area (Å²) in [4.78, 5) is 27.1. The van der Waals surface area contributed by atoms with Crippen LogP contribution in [0, 0.1) is 0 Å². The minimum absolute atomic E-state index is 0.0109. The molecule has 2 aromatic rings. The number of ether oxygens (including phenoxy) is 1. The van der Waals surface area contributed by atoms with Gasteiger partial charge in [-0.2, -0.15) is 0 Å². The maximum atomic E-state index is 13.2. The van der Waals surface area contributed by atoms with E-state index >= 15 is 0 Å². The molecule has 0 aromatic heterocycles. The number of hydrogen-bond donors (Lipinski definition) is 1. The third-order valence-electron chi connectivity index (χ3n) is 4.51. The highest BCUT2D eigenvalue weighted by atomic mass is 79.9. The Labute approximate surface area is 168 Å². The molecule has 1 aliphatic heterocycles. The molecule has 1 aliphatic rings. The Morgan fingerprint density at radius 2 is 1.89 bits per heavy atom. The number of nitrogens with one attached hydrogen (secondary N) is 1. The number of halogens is 1. The second-order valence-corrected chi connectivity index (χ2v) is 8.73. The summed E-state index contributed by atoms with van der Waals surface area (Å²) in [6.45, 7) is 6.68. The average Bonchev–Trinajstić information content (AvgIpc) is 2.59. The van der Waals surface area contributed by atoms with Gasteiger partial charge < -0.3 is 15.0 Å². The van der Waals surface area contributed by atoms with E-state index in [1.165, 1.54) is 0 Å². The van der Waals surface area contributed by atoms with Crippen LogP contribution in [0.25, 0.3) is 10.8 Å². The fourth-order valence-corrected chi connectivity index (χ4v) is 3.99. The minimum atomic E-state index is -0.538. The molecule has 1 fully saturated rings. The first kappa shape index (κ1) is 19.7. The van der Waals surface area contributed by atoms with Crippen LogP contribution >= 0.6 is 15.9 Å². The van der Waals surface area contributed by atoms with Crippen molar-refractivity contribution >= 4 is 38.7 Å². The zero-order valence-corrected chi connectivity index (χ0v) is 17.5. The standard InChI is InChI=1S/C21H25BrN2O3/c1-21(2,3)27-20(26)23-15-9-6-12-24(13-15)19(25)16-10-4-7-14-8-5-11-17(22)18(14)16/h4-5,7-8,10-11,15H,6,9,12-13H2,1-3H3,(H,23,26)/t15-/m1/s1. The lowest BCUT2D eigenvalue weighted by Gasteiger charge is -2.34. The lowest BCUT2D eigenvalue weighted by molar-refractivity contribution is 0.0452. The van der Waals surface area contributed by atoms with Gasteiger partial charge in [0.25, 0.3) is 5.91 Å². The number of amides is 2. The number of carbonyl (C=O) groups excluding carboxylic acids is 2. The predicted molar refractivity (Wildman–Crippen MR) is 110 cm³/mol. The summed E-state index contributed by atoms with van der Waals surface area (Å²) < 4.78 is 6.24. The largest absolute Gasteiger partial charge is 0.444 e. The van der Waals surface area contributed by atoms with Gasteiger partial charge in [-0.1, -0.05) is 40.2 Å². The quantitative estimate of drug-likeness (QED) is 0.745. The molecule has 1 saturated heterocycles. The number of alkyl carbamates (subject to hydrolysis) is 1. The lowest BCUT2D eigenvalue weighted by Crippen LogP contribution is -2.50. The molecular weight excluding hydrogens is 408 g/mol. The first-order valence-electron chi connectivity index (χ1n) is 9.20. The number of benzene rings is 2. The van der Waals surface area contributed by atoms with Gasteiger partial charge in [0.1, 0.15) is 5.60 Å². The first-order valence-corrected chi connectivity index (χ1v) is 10.00. The number of fused-ring (bicyclic) bond motifs is 1. The molecule has 0 bridgehead atoms. The summed E-state index contributed by atoms with van der Waals surface area (Å²) >= 11 is 3.57. The van der Waals surface area contributed by atoms with Crippen molar-refractivity contribution in [2.75, 3.05) is 13.1 Å². The van der Waals surface area contributed by atoms with Gasteiger partial charge in [-0.05, 0) is 51.1 Å². The molecule has 2 amide bonds. The van der Waals surface area contributed by atoms with Crippen LogP contribution in [0.3, 0.4) is 0 Å². The van der Waals surface area contributed by atoms with Crippen LogP contribution in [0.1, 0.15) is 44.0 Å². The van der Waals surface area contributed by atoms with Crippen LogP contribution in [0.15, 0.2) is 40.9 Å². The van der Waals surface area contributed by atoms with Gasteiger partial charge in [0.2, 0.25) is 0 Å². The number of piperidine rings is 1. The van der Waals surface area contributed by atoms with Crippen molar-refractivity contribution in [2.45, 2.75) is 45.3 Å². The summed E-state index contributed by atoms with van der Waals surface area (Å²) in [5, 5.41) is 4.84. The summed E-state index contributed by atoms with van der Waals surface area (Å²) in [6, 6.07) is 11.6. The van der Waals surface area contributed by atoms with E-state index in [9.17, 15) is 9.59 Å². The van der Waals surface area contributed by atoms with Crippen molar-refractivity contribution in [2.24, 2.45) is 0 Å². The second kappa shape index (κ2) is 7.89. The Morgan fingerprint density at radius 3 is 2.59 bits per heavy atom. The van der Waals surface area contributed by atoms with Crippen molar-refractivity contribution in [1.82, 2.24) is 10.2 Å². The molecule has 144 valence electrons. The van der Waals surface area contributed by atoms with E-state index < -0.39 is 11.7 Å². The fourth-order valence-electron chi connectivity index (χ4n) is 3.40. The zero-order chi connectivity index (χ0) is 19.6. The summed E-state index contributed by atoms with van der Waals surface area (Å²) in [5.74, 6) is -0.0109. The third-order valence-corrected chi connectivity index (χ3v) is 5.17. The number of nitrogens with zero attached hydrogens (tertiary/aromatic N) is 1. The maximum Gasteiger partial charge on any atom is 0.407 e. The lowest BCUT2D eigenvalue weighted by atomic mass is 10.0. The van der Waals surface area contributed by atoms with E-state index in [4.69, 9.17) is 4.74 Å². The Kier molecular flexibility index (Phi) is 5.75. The SMILES string of the molecule is CC(C)(C)OC(=O)N[C@@H]1CCCN(C(=O)c2cccc3cccc(Br)c23)C1. The molecule has 6 heteroatoms. The van der Waals surface area contributed by atoms with E-state index in [0.717, 1.165) is 28.1 Å². The van der Waals surface area contributed by atoms with E-state index in [0.29, 0.717) is 18.7 Å². The smallest absolute Gasteiger partial charge is 0.407 e. The van der Waals surface area contributed by atoms with E-state index in [2.05, 4.69) is 21.2 Å². The molecule has 3 rings (SSSR count). The molecule has 0 saturated carbocycles. The van der Waals surface area contributed by atoms with Crippen LogP contribution in [-0.2, 0) is 4.74 Å². The maximum absolute atomic E-state index is 13.2. The molecule has 2 aromatic carbocycles. The number of hydrogen-bond acceptors (Lipinski definition) is 3. The zero-order valence-electron chi connectivity index (χ0n) is 15.9. The summed E-state index contributed by atoms with van der Waals surface area (Å²) in [6.07, 6.45) is 1.25. The molecule has 0 radical (unpaired) electrons. The van der Waals surface area contributed by atoms with Gasteiger partial charge in [-0.15, -0.1) is 0 Å². The van der Waals surface area contributed by atoms with Crippen LogP contribution in [-0.4, -0.2) is 41.6 Å². The molecule has 1 heterocycles. The highest BCUT2D eigenvalue weighted by Crippen LogP contribution is 2.28. The number of carbonyl (C=O) groups is 2. The molecular formula is C21H25BrN2O3. The van der Waals surface area contributed by atoms with Crippen LogP contribution in [0.5, 0.6) is 0 Å². The molecule has 0 spiro atoms. The van der Waals surface area contributed by atoms with Crippen LogP contribution in [0.2, 0.25) is 0 Å². The van der Waals surface area contributed by atoms with Gasteiger partial charge in [0.05, 0.1) is 0 Å². The predicted octanol–water partition coefficient (Wildman–Crippen LogP) is 4.73. The molecule has 1 N–H and O–H groups in total. The summed E-state index contributed by atoms with van der Waals surface area (Å²) in [5.41, 5.74) is 0.140. The normalized spacial score (nSPS) is 17.6. The van der Waals surface area contributed by atoms with Crippen LogP contribution < -0.4 is 5.32 Å². The van der Waals surface area contributed by atoms with Crippen molar-refractivity contribution in [3.8, 4) is 0 Å². The van der Waals surface area contributed by atoms with Crippen molar-refractivity contribution in [1.29, 1.82) is 0 Å². The van der Waals surface area contributed by atoms with Crippen molar-refractivity contribution in [3.05, 3.63) is 46.4 Å². The fraction of sp³-hybridized carbons (Fsp3) is 0.429. The average molecular weight is 433 g/mol. The monoisotopic (exact) mass is 432 g/mol. The molecule has 5 nitrogen and oxygen atoms in total. The Hall–Kier alpha value is -2.08. The number of rotatable bonds is 2. The van der Waals surface area contributed by atoms with Gasteiger partial charge in [-0.25, -0.2) is 4.79 Å². The Bertz CT molecular complexity index is 855. The molecule has 0 unspecified atom stereocenters. The first-order chi connectivity index (χ1) is 12.7.